The first kappa shape index (κ1) is 28.2. The molecular formula is C23H28N7O8P. The zero-order valence-corrected chi connectivity index (χ0v) is 22.1. The third kappa shape index (κ3) is 6.27. The van der Waals surface area contributed by atoms with Crippen LogP contribution in [-0.4, -0.2) is 61.6 Å². The van der Waals surface area contributed by atoms with Gasteiger partial charge in [0.15, 0.2) is 17.4 Å². The number of carbonyl (C=O) groups excluding carboxylic acids is 1. The third-order valence-corrected chi connectivity index (χ3v) is 7.32. The highest BCUT2D eigenvalue weighted by Gasteiger charge is 2.47. The van der Waals surface area contributed by atoms with Crippen molar-refractivity contribution in [2.45, 2.75) is 51.4 Å². The number of benzene rings is 1. The predicted octanol–water partition coefficient (Wildman–Crippen LogP) is 1.23. The lowest BCUT2D eigenvalue weighted by Gasteiger charge is -2.25. The van der Waals surface area contributed by atoms with Crippen molar-refractivity contribution in [1.82, 2.24) is 24.6 Å². The molecule has 0 radical (unpaired) electrons. The molecule has 3 heterocycles. The van der Waals surface area contributed by atoms with E-state index in [1.54, 1.807) is 44.2 Å². The Balaban J connectivity index is 1.55. The Morgan fingerprint density at radius 3 is 2.74 bits per heavy atom. The molecule has 16 heteroatoms. The molecule has 2 aromatic heterocycles. The number of ether oxygens (including phenoxy) is 2. The van der Waals surface area contributed by atoms with Gasteiger partial charge in [0, 0.05) is 0 Å². The van der Waals surface area contributed by atoms with Crippen molar-refractivity contribution in [3.8, 4) is 11.8 Å². The number of aliphatic hydroxyl groups excluding tert-OH is 1. The lowest BCUT2D eigenvalue weighted by atomic mass is 10.0. The molecule has 0 spiro atoms. The average Bonchev–Trinajstić information content (AvgIpc) is 3.43. The number of H-pyrrole nitrogens is 1. The van der Waals surface area contributed by atoms with E-state index in [9.17, 15) is 24.5 Å². The maximum atomic E-state index is 13.7. The van der Waals surface area contributed by atoms with Crippen LogP contribution in [0.2, 0.25) is 0 Å². The molecule has 0 unspecified atom stereocenters. The molecule has 0 aliphatic carbocycles. The highest BCUT2D eigenvalue weighted by molar-refractivity contribution is 7.52. The van der Waals surface area contributed by atoms with E-state index in [4.69, 9.17) is 24.3 Å². The first-order valence-corrected chi connectivity index (χ1v) is 13.5. The molecule has 0 amide bonds. The standard InChI is InChI=1S/C23H28N7O8P/c1-12(2)36-22(33)13(3)29-39(34,38-14-7-5-4-6-8-14)35-10-16-18(31)15(9-24)21(37-16)30-11-26-17-19(30)27-23(25)28-20(17)32/h4-8,11-13,15-16,18,21,31H,10H2,1-3H3,(H,29,34)(H3,25,27,28,32)/t13-,15-,16-,18+,21-,39-/m1/s1. The van der Waals surface area contributed by atoms with Gasteiger partial charge in [-0.15, -0.1) is 0 Å². The van der Waals surface area contributed by atoms with Gasteiger partial charge in [0.05, 0.1) is 25.1 Å². The van der Waals surface area contributed by atoms with Crippen LogP contribution in [0.5, 0.6) is 5.75 Å². The van der Waals surface area contributed by atoms with Crippen molar-refractivity contribution in [2.24, 2.45) is 5.92 Å². The second-order valence-electron chi connectivity index (χ2n) is 9.02. The molecule has 1 aliphatic rings. The summed E-state index contributed by atoms with van der Waals surface area (Å²) in [6, 6.07) is 9.03. The molecule has 0 saturated carbocycles. The Morgan fingerprint density at radius 2 is 2.08 bits per heavy atom. The van der Waals surface area contributed by atoms with E-state index in [2.05, 4.69) is 20.0 Å². The van der Waals surface area contributed by atoms with E-state index in [0.29, 0.717) is 0 Å². The summed E-state index contributed by atoms with van der Waals surface area (Å²) in [4.78, 5) is 34.9. The second kappa shape index (κ2) is 11.5. The molecule has 15 nitrogen and oxygen atoms in total. The number of esters is 1. The van der Waals surface area contributed by atoms with Crippen molar-refractivity contribution in [2.75, 3.05) is 12.3 Å². The van der Waals surface area contributed by atoms with Crippen molar-refractivity contribution < 1.29 is 33.0 Å². The van der Waals surface area contributed by atoms with E-state index in [-0.39, 0.29) is 22.9 Å². The summed E-state index contributed by atoms with van der Waals surface area (Å²) in [6.45, 7) is 4.28. The topological polar surface area (TPSA) is 217 Å². The van der Waals surface area contributed by atoms with Crippen molar-refractivity contribution in [3.63, 3.8) is 0 Å². The minimum atomic E-state index is -4.25. The van der Waals surface area contributed by atoms with Crippen LogP contribution in [0.4, 0.5) is 5.95 Å². The Morgan fingerprint density at radius 1 is 1.36 bits per heavy atom. The van der Waals surface area contributed by atoms with E-state index < -0.39 is 62.4 Å². The van der Waals surface area contributed by atoms with Crippen LogP contribution in [0.25, 0.3) is 11.2 Å². The number of carbonyl (C=O) groups is 1. The molecule has 39 heavy (non-hydrogen) atoms. The molecule has 0 bridgehead atoms. The minimum Gasteiger partial charge on any atom is -0.462 e. The van der Waals surface area contributed by atoms with Gasteiger partial charge in [0.2, 0.25) is 5.95 Å². The number of fused-ring (bicyclic) bond motifs is 1. The number of aromatic amines is 1. The first-order chi connectivity index (χ1) is 18.5. The summed E-state index contributed by atoms with van der Waals surface area (Å²) in [7, 11) is -4.25. The highest BCUT2D eigenvalue weighted by atomic mass is 31.2. The van der Waals surface area contributed by atoms with Gasteiger partial charge < -0.3 is 24.8 Å². The van der Waals surface area contributed by atoms with Gasteiger partial charge >= 0.3 is 13.7 Å². The van der Waals surface area contributed by atoms with Crippen LogP contribution >= 0.6 is 7.75 Å². The molecule has 1 aromatic carbocycles. The van der Waals surface area contributed by atoms with Gasteiger partial charge in [-0.3, -0.25) is 23.7 Å². The van der Waals surface area contributed by atoms with Gasteiger partial charge in [0.1, 0.15) is 29.9 Å². The zero-order valence-electron chi connectivity index (χ0n) is 21.3. The fourth-order valence-corrected chi connectivity index (χ4v) is 5.40. The molecule has 6 atom stereocenters. The van der Waals surface area contributed by atoms with Crippen LogP contribution in [0.1, 0.15) is 27.0 Å². The van der Waals surface area contributed by atoms with E-state index >= 15 is 0 Å². The Labute approximate surface area is 222 Å². The zero-order chi connectivity index (χ0) is 28.3. The molecule has 208 valence electrons. The van der Waals surface area contributed by atoms with Crippen LogP contribution in [-0.2, 0) is 23.4 Å². The molecule has 1 aliphatic heterocycles. The molecule has 5 N–H and O–H groups in total. The number of hydrogen-bond acceptors (Lipinski definition) is 12. The van der Waals surface area contributed by atoms with Crippen LogP contribution in [0.15, 0.2) is 41.5 Å². The van der Waals surface area contributed by atoms with Gasteiger partial charge in [-0.05, 0) is 32.9 Å². The van der Waals surface area contributed by atoms with Gasteiger partial charge in [-0.2, -0.15) is 15.3 Å². The van der Waals surface area contributed by atoms with E-state index in [1.165, 1.54) is 17.8 Å². The monoisotopic (exact) mass is 561 g/mol. The van der Waals surface area contributed by atoms with Crippen molar-refractivity contribution >= 4 is 30.8 Å². The number of aromatic nitrogens is 4. The summed E-state index contributed by atoms with van der Waals surface area (Å²) in [6.07, 6.45) is -2.85. The fourth-order valence-electron chi connectivity index (χ4n) is 3.90. The molecule has 4 rings (SSSR count). The maximum Gasteiger partial charge on any atom is 0.459 e. The number of nitrogens with two attached hydrogens (primary N) is 1. The number of nitrogens with one attached hydrogen (secondary N) is 2. The summed E-state index contributed by atoms with van der Waals surface area (Å²) in [5, 5.41) is 23.2. The second-order valence-corrected chi connectivity index (χ2v) is 10.7. The Bertz CT molecular complexity index is 1470. The quantitative estimate of drug-likeness (QED) is 0.202. The number of nitrogen functional groups attached to an aromatic ring is 1. The maximum absolute atomic E-state index is 13.7. The summed E-state index contributed by atoms with van der Waals surface area (Å²) in [5.41, 5.74) is 5.08. The van der Waals surface area contributed by atoms with Crippen LogP contribution < -0.4 is 20.9 Å². The van der Waals surface area contributed by atoms with Crippen LogP contribution in [0, 0.1) is 17.2 Å². The largest absolute Gasteiger partial charge is 0.462 e. The SMILES string of the molecule is CC(C)OC(=O)[C@@H](C)N[P@@](=O)(OC[C@H]1O[C@@H](n2cnc3c(=O)[nH]c(N)nc32)[C@H](C#N)[C@@H]1O)Oc1ccccc1. The van der Waals surface area contributed by atoms with Crippen LogP contribution in [0.3, 0.4) is 0 Å². The number of aliphatic hydroxyl groups is 1. The summed E-state index contributed by atoms with van der Waals surface area (Å²) < 4.78 is 37.3. The number of para-hydroxylation sites is 1. The molecular weight excluding hydrogens is 533 g/mol. The number of rotatable bonds is 10. The lowest BCUT2D eigenvalue weighted by Crippen LogP contribution is -2.37. The fraction of sp³-hybridized carbons (Fsp3) is 0.435. The lowest BCUT2D eigenvalue weighted by molar-refractivity contribution is -0.149. The van der Waals surface area contributed by atoms with Crippen molar-refractivity contribution in [3.05, 3.63) is 47.0 Å². The van der Waals surface area contributed by atoms with Gasteiger partial charge in [-0.25, -0.2) is 9.55 Å². The highest BCUT2D eigenvalue weighted by Crippen LogP contribution is 2.46. The summed E-state index contributed by atoms with van der Waals surface area (Å²) >= 11 is 0. The third-order valence-electron chi connectivity index (χ3n) is 5.68. The number of anilines is 1. The number of hydrogen-bond donors (Lipinski definition) is 4. The smallest absolute Gasteiger partial charge is 0.459 e. The Kier molecular flexibility index (Phi) is 8.34. The van der Waals surface area contributed by atoms with Gasteiger partial charge in [-0.1, -0.05) is 18.2 Å². The van der Waals surface area contributed by atoms with Crippen molar-refractivity contribution in [1.29, 1.82) is 5.26 Å². The Hall–Kier alpha value is -3.80. The normalized spacial score (nSPS) is 23.3. The number of imidazole rings is 1. The first-order valence-electron chi connectivity index (χ1n) is 11.9. The average molecular weight is 561 g/mol. The number of nitrogens with zero attached hydrogens (tertiary/aromatic N) is 4. The van der Waals surface area contributed by atoms with E-state index in [0.717, 1.165) is 0 Å². The molecule has 1 fully saturated rings. The predicted molar refractivity (Wildman–Crippen MR) is 136 cm³/mol. The van der Waals surface area contributed by atoms with E-state index in [1.807, 2.05) is 6.07 Å². The van der Waals surface area contributed by atoms with Gasteiger partial charge in [0.25, 0.3) is 5.56 Å². The summed E-state index contributed by atoms with van der Waals surface area (Å²) in [5.74, 6) is -1.80. The number of nitriles is 1. The minimum absolute atomic E-state index is 0.0362. The molecule has 1 saturated heterocycles. The molecule has 3 aromatic rings.